The highest BCUT2D eigenvalue weighted by Crippen LogP contribution is 2.34. The third kappa shape index (κ3) is 4.49. The molecule has 0 saturated heterocycles. The lowest BCUT2D eigenvalue weighted by Crippen LogP contribution is -2.30. The molecule has 0 bridgehead atoms. The lowest BCUT2D eigenvalue weighted by atomic mass is 10.1. The number of hydrogen-bond donors (Lipinski definition) is 3. The zero-order valence-electron chi connectivity index (χ0n) is 12.9. The van der Waals surface area contributed by atoms with Crippen LogP contribution >= 0.6 is 0 Å². The van der Waals surface area contributed by atoms with Crippen molar-refractivity contribution in [1.29, 1.82) is 0 Å². The minimum atomic E-state index is -4.77. The topological polar surface area (TPSA) is 86.6 Å². The van der Waals surface area contributed by atoms with Crippen LogP contribution in [0.5, 0.6) is 11.5 Å². The summed E-state index contributed by atoms with van der Waals surface area (Å²) in [5.41, 5.74) is -3.82. The number of alkyl halides is 6. The molecule has 2 rings (SSSR count). The molecule has 0 aliphatic rings. The molecule has 0 aromatic heterocycles. The van der Waals surface area contributed by atoms with Crippen molar-refractivity contribution >= 4 is 11.8 Å². The first-order chi connectivity index (χ1) is 12.3. The molecule has 0 unspecified atom stereocenters. The number of aromatic hydroxyl groups is 2. The Morgan fingerprint density at radius 1 is 0.704 bits per heavy atom. The second-order valence-corrected chi connectivity index (χ2v) is 5.24. The molecule has 11 heteroatoms. The second-order valence-electron chi connectivity index (χ2n) is 5.24. The van der Waals surface area contributed by atoms with E-state index in [1.54, 1.807) is 5.32 Å². The van der Waals surface area contributed by atoms with E-state index in [-0.39, 0.29) is 12.1 Å². The Hall–Kier alpha value is -3.24. The van der Waals surface area contributed by atoms with Gasteiger partial charge in [-0.1, -0.05) is 0 Å². The molecule has 2 amide bonds. The van der Waals surface area contributed by atoms with E-state index in [1.165, 1.54) is 0 Å². The van der Waals surface area contributed by atoms with Gasteiger partial charge < -0.3 is 10.2 Å². The summed E-state index contributed by atoms with van der Waals surface area (Å²) in [6.07, 6.45) is -9.54. The molecule has 0 heterocycles. The number of imide groups is 1. The Morgan fingerprint density at radius 3 is 1.30 bits per heavy atom. The smallest absolute Gasteiger partial charge is 0.416 e. The van der Waals surface area contributed by atoms with Crippen molar-refractivity contribution in [2.24, 2.45) is 0 Å². The van der Waals surface area contributed by atoms with Crippen LogP contribution < -0.4 is 5.32 Å². The molecule has 0 atom stereocenters. The van der Waals surface area contributed by atoms with Gasteiger partial charge in [-0.3, -0.25) is 14.9 Å². The average Bonchev–Trinajstić information content (AvgIpc) is 2.52. The highest BCUT2D eigenvalue weighted by atomic mass is 19.4. The van der Waals surface area contributed by atoms with Crippen LogP contribution in [0.25, 0.3) is 0 Å². The van der Waals surface area contributed by atoms with Gasteiger partial charge in [0.25, 0.3) is 11.8 Å². The number of carbonyl (C=O) groups is 2. The van der Waals surface area contributed by atoms with E-state index in [4.69, 9.17) is 0 Å². The van der Waals surface area contributed by atoms with Gasteiger partial charge >= 0.3 is 12.4 Å². The fraction of sp³-hybridized carbons (Fsp3) is 0.125. The molecule has 3 N–H and O–H groups in total. The number of halogens is 6. The highest BCUT2D eigenvalue weighted by Gasteiger charge is 2.33. The van der Waals surface area contributed by atoms with Gasteiger partial charge in [-0.15, -0.1) is 0 Å². The molecule has 2 aromatic carbocycles. The lowest BCUT2D eigenvalue weighted by molar-refractivity contribution is -0.138. The first-order valence-electron chi connectivity index (χ1n) is 6.97. The van der Waals surface area contributed by atoms with Gasteiger partial charge in [-0.2, -0.15) is 26.3 Å². The Morgan fingerprint density at radius 2 is 1.04 bits per heavy atom. The first-order valence-corrected chi connectivity index (χ1v) is 6.97. The number of nitrogens with one attached hydrogen (secondary N) is 1. The summed E-state index contributed by atoms with van der Waals surface area (Å²) in [4.78, 5) is 23.8. The second kappa shape index (κ2) is 6.82. The van der Waals surface area contributed by atoms with Crippen LogP contribution in [0.3, 0.4) is 0 Å². The molecule has 0 spiro atoms. The number of rotatable bonds is 2. The molecule has 0 fully saturated rings. The monoisotopic (exact) mass is 393 g/mol. The molecule has 144 valence electrons. The minimum Gasteiger partial charge on any atom is -0.507 e. The Kier molecular flexibility index (Phi) is 5.07. The fourth-order valence-corrected chi connectivity index (χ4v) is 2.04. The van der Waals surface area contributed by atoms with Crippen molar-refractivity contribution in [3.8, 4) is 11.5 Å². The largest absolute Gasteiger partial charge is 0.507 e. The van der Waals surface area contributed by atoms with Gasteiger partial charge in [0.1, 0.15) is 11.5 Å². The van der Waals surface area contributed by atoms with Crippen LogP contribution in [0, 0.1) is 0 Å². The summed E-state index contributed by atoms with van der Waals surface area (Å²) in [7, 11) is 0. The predicted octanol–water partition coefficient (Wildman–Crippen LogP) is 3.71. The van der Waals surface area contributed by atoms with Crippen molar-refractivity contribution in [2.45, 2.75) is 12.4 Å². The van der Waals surface area contributed by atoms with E-state index < -0.39 is 57.9 Å². The minimum absolute atomic E-state index is 0.273. The summed E-state index contributed by atoms with van der Waals surface area (Å²) in [5, 5.41) is 20.7. The number of hydrogen-bond acceptors (Lipinski definition) is 4. The van der Waals surface area contributed by atoms with Gasteiger partial charge in [0.05, 0.1) is 22.3 Å². The maximum Gasteiger partial charge on any atom is 0.416 e. The maximum atomic E-state index is 12.5. The van der Waals surface area contributed by atoms with E-state index in [0.29, 0.717) is 24.3 Å². The summed E-state index contributed by atoms with van der Waals surface area (Å²) in [5.74, 6) is -4.76. The van der Waals surface area contributed by atoms with E-state index in [9.17, 15) is 46.1 Å². The van der Waals surface area contributed by atoms with Crippen LogP contribution in [0.15, 0.2) is 36.4 Å². The van der Waals surface area contributed by atoms with E-state index in [1.807, 2.05) is 0 Å². The predicted molar refractivity (Wildman–Crippen MR) is 78.0 cm³/mol. The van der Waals surface area contributed by atoms with Crippen LogP contribution in [-0.2, 0) is 12.4 Å². The lowest BCUT2D eigenvalue weighted by Gasteiger charge is -2.11. The van der Waals surface area contributed by atoms with E-state index in [0.717, 1.165) is 0 Å². The van der Waals surface area contributed by atoms with Gasteiger partial charge in [0.15, 0.2) is 0 Å². The van der Waals surface area contributed by atoms with Crippen molar-refractivity contribution in [3.05, 3.63) is 58.7 Å². The third-order valence-electron chi connectivity index (χ3n) is 3.37. The van der Waals surface area contributed by atoms with Crippen LogP contribution in [0.4, 0.5) is 26.3 Å². The number of phenolic OH excluding ortho intramolecular Hbond substituents is 2. The highest BCUT2D eigenvalue weighted by molar-refractivity contribution is 6.12. The molecular formula is C16H9F6NO4. The van der Waals surface area contributed by atoms with Crippen LogP contribution in [0.2, 0.25) is 0 Å². The number of benzene rings is 2. The van der Waals surface area contributed by atoms with Crippen LogP contribution in [0.1, 0.15) is 31.8 Å². The Bertz CT molecular complexity index is 831. The van der Waals surface area contributed by atoms with Gasteiger partial charge in [-0.25, -0.2) is 0 Å². The number of phenols is 2. The standard InChI is InChI=1S/C16H9F6NO4/c17-15(18,19)7-1-3-9(11(24)5-7)13(26)23-14(27)10-4-2-8(6-12(10)25)16(20,21)22/h1-6,24-25H,(H,23,26,27). The maximum absolute atomic E-state index is 12.5. The molecule has 2 aromatic rings. The molecule has 0 aliphatic carbocycles. The number of carbonyl (C=O) groups excluding carboxylic acids is 2. The SMILES string of the molecule is O=C(NC(=O)c1ccc(C(F)(F)F)cc1O)c1ccc(C(F)(F)F)cc1O. The van der Waals surface area contributed by atoms with Gasteiger partial charge in [-0.05, 0) is 36.4 Å². The Balaban J connectivity index is 2.22. The molecule has 0 aliphatic heterocycles. The van der Waals surface area contributed by atoms with Crippen molar-refractivity contribution < 1.29 is 46.1 Å². The fourth-order valence-electron chi connectivity index (χ4n) is 2.04. The summed E-state index contributed by atoms with van der Waals surface area (Å²) in [6, 6.07) is 2.77. The molecule has 5 nitrogen and oxygen atoms in total. The summed E-state index contributed by atoms with van der Waals surface area (Å²) in [6.45, 7) is 0. The number of amides is 2. The van der Waals surface area contributed by atoms with Crippen LogP contribution in [-0.4, -0.2) is 22.0 Å². The van der Waals surface area contributed by atoms with E-state index >= 15 is 0 Å². The zero-order valence-corrected chi connectivity index (χ0v) is 12.9. The average molecular weight is 393 g/mol. The van der Waals surface area contributed by atoms with Gasteiger partial charge in [0, 0.05) is 0 Å². The zero-order chi connectivity index (χ0) is 20.6. The normalized spacial score (nSPS) is 11.9. The van der Waals surface area contributed by atoms with E-state index in [2.05, 4.69) is 0 Å². The molecule has 0 radical (unpaired) electrons. The van der Waals surface area contributed by atoms with Crippen molar-refractivity contribution in [1.82, 2.24) is 5.32 Å². The summed E-state index contributed by atoms with van der Waals surface area (Å²) >= 11 is 0. The summed E-state index contributed by atoms with van der Waals surface area (Å²) < 4.78 is 75.1. The Labute approximate surface area is 146 Å². The molecular weight excluding hydrogens is 384 g/mol. The van der Waals surface area contributed by atoms with Crippen molar-refractivity contribution in [2.75, 3.05) is 0 Å². The first kappa shape index (κ1) is 20.1. The quantitative estimate of drug-likeness (QED) is 0.536. The third-order valence-corrected chi connectivity index (χ3v) is 3.37. The van der Waals surface area contributed by atoms with Gasteiger partial charge in [0.2, 0.25) is 0 Å². The molecule has 27 heavy (non-hydrogen) atoms. The molecule has 0 saturated carbocycles. The van der Waals surface area contributed by atoms with Crippen molar-refractivity contribution in [3.63, 3.8) is 0 Å².